The predicted molar refractivity (Wildman–Crippen MR) is 155 cm³/mol. The lowest BCUT2D eigenvalue weighted by atomic mass is 9.91. The molecule has 2 unspecified atom stereocenters. The zero-order valence-electron chi connectivity index (χ0n) is 22.7. The summed E-state index contributed by atoms with van der Waals surface area (Å²) >= 11 is 1.63. The molecule has 2 aliphatic rings. The van der Waals surface area contributed by atoms with Gasteiger partial charge in [-0.2, -0.15) is 0 Å². The first-order chi connectivity index (χ1) is 19.8. The number of nitro benzene ring substituents is 1. The second kappa shape index (κ2) is 12.9. The molecule has 0 spiro atoms. The Labute approximate surface area is 242 Å². The van der Waals surface area contributed by atoms with Crippen molar-refractivity contribution in [1.82, 2.24) is 15.1 Å². The molecule has 3 N–H and O–H groups in total. The summed E-state index contributed by atoms with van der Waals surface area (Å²) in [5.41, 5.74) is 7.30. The summed E-state index contributed by atoms with van der Waals surface area (Å²) in [5.74, 6) is -0.935. The molecule has 2 fully saturated rings. The molecular formula is C30H34FN5O4S. The Morgan fingerprint density at radius 3 is 2.39 bits per heavy atom. The topological polar surface area (TPSA) is 122 Å². The van der Waals surface area contributed by atoms with Crippen molar-refractivity contribution in [1.29, 1.82) is 0 Å². The number of halogens is 1. The van der Waals surface area contributed by atoms with Gasteiger partial charge in [0, 0.05) is 60.3 Å². The second-order valence-electron chi connectivity index (χ2n) is 10.9. The molecule has 1 aliphatic carbocycles. The second-order valence-corrected chi connectivity index (χ2v) is 11.9. The van der Waals surface area contributed by atoms with Crippen molar-refractivity contribution in [3.05, 3.63) is 98.0 Å². The van der Waals surface area contributed by atoms with Gasteiger partial charge in [-0.3, -0.25) is 24.6 Å². The zero-order chi connectivity index (χ0) is 28.9. The predicted octanol–water partition coefficient (Wildman–Crippen LogP) is 4.47. The Morgan fingerprint density at radius 2 is 1.76 bits per heavy atom. The first kappa shape index (κ1) is 28.8. The molecule has 0 bridgehead atoms. The van der Waals surface area contributed by atoms with Crippen LogP contribution in [0.2, 0.25) is 0 Å². The van der Waals surface area contributed by atoms with Gasteiger partial charge in [-0.25, -0.2) is 4.39 Å². The molecule has 9 nitrogen and oxygen atoms in total. The Balaban J connectivity index is 1.39. The van der Waals surface area contributed by atoms with Crippen LogP contribution < -0.4 is 11.1 Å². The van der Waals surface area contributed by atoms with Gasteiger partial charge in [-0.05, 0) is 73.4 Å². The van der Waals surface area contributed by atoms with Gasteiger partial charge in [-0.15, -0.1) is 11.3 Å². The van der Waals surface area contributed by atoms with E-state index >= 15 is 0 Å². The molecule has 11 heteroatoms. The average molecular weight is 580 g/mol. The maximum atomic E-state index is 13.7. The van der Waals surface area contributed by atoms with Crippen molar-refractivity contribution in [3.8, 4) is 0 Å². The molecule has 1 aliphatic heterocycles. The molecule has 41 heavy (non-hydrogen) atoms. The lowest BCUT2D eigenvalue weighted by Crippen LogP contribution is -2.50. The largest absolute Gasteiger partial charge is 0.352 e. The van der Waals surface area contributed by atoms with E-state index in [-0.39, 0.29) is 35.6 Å². The van der Waals surface area contributed by atoms with Crippen LogP contribution in [0.5, 0.6) is 0 Å². The molecule has 1 aromatic heterocycles. The number of non-ortho nitro benzene ring substituents is 1. The van der Waals surface area contributed by atoms with Gasteiger partial charge >= 0.3 is 0 Å². The molecule has 2 atom stereocenters. The standard InChI is InChI=1S/C30H34FN5O4S/c31-22-7-5-21(6-8-22)30(38)35-18-26(16-28(35)29(37)33-24-11-9-23(32)10-12-24)34(19-27-2-1-15-41-27)17-20-3-13-25(14-4-20)36(39)40/h1-8,13-15,23-24,26,28H,9-12,16-19,32H2,(H,33,37). The lowest BCUT2D eigenvalue weighted by Gasteiger charge is -2.30. The molecule has 2 heterocycles. The molecule has 1 saturated heterocycles. The highest BCUT2D eigenvalue weighted by Gasteiger charge is 2.42. The third-order valence-corrected chi connectivity index (χ3v) is 8.90. The third-order valence-electron chi connectivity index (χ3n) is 8.04. The van der Waals surface area contributed by atoms with Gasteiger partial charge in [0.05, 0.1) is 4.92 Å². The lowest BCUT2D eigenvalue weighted by molar-refractivity contribution is -0.384. The van der Waals surface area contributed by atoms with Crippen LogP contribution in [0.15, 0.2) is 66.0 Å². The monoisotopic (exact) mass is 579 g/mol. The van der Waals surface area contributed by atoms with Crippen molar-refractivity contribution in [2.75, 3.05) is 6.54 Å². The van der Waals surface area contributed by atoms with Crippen LogP contribution in [0, 0.1) is 15.9 Å². The maximum absolute atomic E-state index is 13.7. The fourth-order valence-electron chi connectivity index (χ4n) is 5.74. The normalized spacial score (nSPS) is 22.6. The number of hydrogen-bond acceptors (Lipinski definition) is 7. The van der Waals surface area contributed by atoms with E-state index in [4.69, 9.17) is 5.73 Å². The van der Waals surface area contributed by atoms with Crippen LogP contribution in [0.3, 0.4) is 0 Å². The number of amides is 2. The first-order valence-electron chi connectivity index (χ1n) is 13.9. The van der Waals surface area contributed by atoms with Gasteiger partial charge in [0.1, 0.15) is 11.9 Å². The summed E-state index contributed by atoms with van der Waals surface area (Å²) in [4.78, 5) is 43.0. The van der Waals surface area contributed by atoms with Crippen LogP contribution >= 0.6 is 11.3 Å². The number of carbonyl (C=O) groups is 2. The van der Waals surface area contributed by atoms with E-state index < -0.39 is 16.8 Å². The van der Waals surface area contributed by atoms with E-state index in [9.17, 15) is 24.1 Å². The van der Waals surface area contributed by atoms with Gasteiger partial charge in [0.2, 0.25) is 5.91 Å². The van der Waals surface area contributed by atoms with Crippen LogP contribution in [0.1, 0.15) is 52.9 Å². The molecule has 216 valence electrons. The molecule has 0 radical (unpaired) electrons. The minimum absolute atomic E-state index is 0.0199. The minimum atomic E-state index is -0.684. The van der Waals surface area contributed by atoms with Crippen molar-refractivity contribution in [2.45, 2.75) is 69.4 Å². The summed E-state index contributed by atoms with van der Waals surface area (Å²) < 4.78 is 13.6. The number of nitrogens with two attached hydrogens (primary N) is 1. The SMILES string of the molecule is NC1CCC(NC(=O)C2CC(N(Cc3ccc([N+](=O)[O-])cc3)Cc3cccs3)CN2C(=O)c2ccc(F)cc2)CC1. The Morgan fingerprint density at radius 1 is 1.05 bits per heavy atom. The molecule has 3 aromatic rings. The highest BCUT2D eigenvalue weighted by molar-refractivity contribution is 7.09. The van der Waals surface area contributed by atoms with Crippen LogP contribution in [-0.2, 0) is 17.9 Å². The Hall–Kier alpha value is -3.67. The van der Waals surface area contributed by atoms with Crippen LogP contribution in [-0.4, -0.2) is 57.2 Å². The number of nitrogens with zero attached hydrogens (tertiary/aromatic N) is 3. The van der Waals surface area contributed by atoms with E-state index in [2.05, 4.69) is 10.2 Å². The molecular weight excluding hydrogens is 545 g/mol. The van der Waals surface area contributed by atoms with E-state index in [1.54, 1.807) is 28.4 Å². The van der Waals surface area contributed by atoms with Gasteiger partial charge in [-0.1, -0.05) is 18.2 Å². The number of nitrogens with one attached hydrogen (secondary N) is 1. The number of hydrogen-bond donors (Lipinski definition) is 2. The summed E-state index contributed by atoms with van der Waals surface area (Å²) in [7, 11) is 0. The van der Waals surface area contributed by atoms with Gasteiger partial charge in [0.25, 0.3) is 11.6 Å². The molecule has 2 aromatic carbocycles. The van der Waals surface area contributed by atoms with Crippen molar-refractivity contribution < 1.29 is 18.9 Å². The summed E-state index contributed by atoms with van der Waals surface area (Å²) in [6.07, 6.45) is 3.74. The van der Waals surface area contributed by atoms with Crippen molar-refractivity contribution >= 4 is 28.8 Å². The number of likely N-dealkylation sites (tertiary alicyclic amines) is 1. The fraction of sp³-hybridized carbons (Fsp3) is 0.400. The van der Waals surface area contributed by atoms with Gasteiger partial charge in [0.15, 0.2) is 0 Å². The maximum Gasteiger partial charge on any atom is 0.269 e. The number of carbonyl (C=O) groups excluding carboxylic acids is 2. The fourth-order valence-corrected chi connectivity index (χ4v) is 6.47. The molecule has 5 rings (SSSR count). The third kappa shape index (κ3) is 7.16. The van der Waals surface area contributed by atoms with Crippen molar-refractivity contribution in [3.63, 3.8) is 0 Å². The Bertz CT molecular complexity index is 1340. The minimum Gasteiger partial charge on any atom is -0.352 e. The van der Waals surface area contributed by atoms with E-state index in [0.717, 1.165) is 36.1 Å². The van der Waals surface area contributed by atoms with Crippen molar-refractivity contribution in [2.24, 2.45) is 5.73 Å². The number of benzene rings is 2. The summed E-state index contributed by atoms with van der Waals surface area (Å²) in [5, 5.41) is 16.3. The smallest absolute Gasteiger partial charge is 0.269 e. The number of thiophene rings is 1. The Kier molecular flexibility index (Phi) is 9.06. The highest BCUT2D eigenvalue weighted by Crippen LogP contribution is 2.29. The van der Waals surface area contributed by atoms with E-state index in [1.807, 2.05) is 17.5 Å². The van der Waals surface area contributed by atoms with E-state index in [0.29, 0.717) is 31.6 Å². The molecule has 2 amide bonds. The van der Waals surface area contributed by atoms with Crippen LogP contribution in [0.25, 0.3) is 0 Å². The summed E-state index contributed by atoms with van der Waals surface area (Å²) in [6.45, 7) is 1.42. The number of rotatable bonds is 9. The molecule has 1 saturated carbocycles. The van der Waals surface area contributed by atoms with E-state index in [1.165, 1.54) is 36.4 Å². The quantitative estimate of drug-likeness (QED) is 0.285. The first-order valence-corrected chi connectivity index (χ1v) is 14.8. The highest BCUT2D eigenvalue weighted by atomic mass is 32.1. The zero-order valence-corrected chi connectivity index (χ0v) is 23.5. The van der Waals surface area contributed by atoms with Crippen LogP contribution in [0.4, 0.5) is 10.1 Å². The summed E-state index contributed by atoms with van der Waals surface area (Å²) in [6, 6.07) is 15.2. The number of nitro groups is 1. The average Bonchev–Trinajstić information content (AvgIpc) is 3.65. The van der Waals surface area contributed by atoms with Gasteiger partial charge < -0.3 is 16.0 Å².